The second kappa shape index (κ2) is 10.1. The van der Waals surface area contributed by atoms with E-state index in [-0.39, 0.29) is 16.5 Å². The van der Waals surface area contributed by atoms with Gasteiger partial charge in [-0.3, -0.25) is 4.98 Å². The number of carbonyl (C=O) groups excluding carboxylic acids is 2. The third-order valence-corrected chi connectivity index (χ3v) is 5.71. The van der Waals surface area contributed by atoms with Gasteiger partial charge in [-0.25, -0.2) is 9.59 Å². The Morgan fingerprint density at radius 3 is 1.74 bits per heavy atom. The van der Waals surface area contributed by atoms with Crippen LogP contribution < -0.4 is 4.74 Å². The van der Waals surface area contributed by atoms with Crippen LogP contribution in [0, 0.1) is 13.8 Å². The summed E-state index contributed by atoms with van der Waals surface area (Å²) in [6.45, 7) is 10.4. The molecule has 0 aliphatic heterocycles. The number of hydrogen-bond donors (Lipinski definition) is 0. The number of methoxy groups -OCH3 is 2. The lowest BCUT2D eigenvalue weighted by atomic mass is 9.87. The van der Waals surface area contributed by atoms with Crippen molar-refractivity contribution in [2.75, 3.05) is 14.2 Å². The van der Waals surface area contributed by atoms with Gasteiger partial charge in [-0.05, 0) is 48.1 Å². The van der Waals surface area contributed by atoms with Crippen LogP contribution in [-0.2, 0) is 21.5 Å². The van der Waals surface area contributed by atoms with Crippen molar-refractivity contribution in [1.29, 1.82) is 0 Å². The van der Waals surface area contributed by atoms with E-state index < -0.39 is 11.9 Å². The van der Waals surface area contributed by atoms with Crippen molar-refractivity contribution in [3.8, 4) is 16.9 Å². The zero-order valence-electron chi connectivity index (χ0n) is 20.8. The number of aromatic nitrogens is 1. The summed E-state index contributed by atoms with van der Waals surface area (Å²) in [4.78, 5) is 29.5. The Balaban J connectivity index is 1.92. The van der Waals surface area contributed by atoms with Crippen molar-refractivity contribution >= 4 is 11.9 Å². The highest BCUT2D eigenvalue weighted by atomic mass is 16.5. The molecule has 3 aromatic rings. The standard InChI is InChI=1S/C28H31NO5/c1-17-23(26(30)32-6)25(24(18(2)29-17)27(31)33-7)20-10-14-22(15-11-20)34-16-19-8-12-21(13-9-19)28(3,4)5/h8-15H,16H2,1-7H3. The summed E-state index contributed by atoms with van der Waals surface area (Å²) in [5.74, 6) is -0.459. The number of ether oxygens (including phenoxy) is 3. The first kappa shape index (κ1) is 25.0. The Kier molecular flexibility index (Phi) is 7.40. The van der Waals surface area contributed by atoms with E-state index in [0.29, 0.717) is 34.9 Å². The topological polar surface area (TPSA) is 74.7 Å². The molecule has 0 spiro atoms. The molecular weight excluding hydrogens is 430 g/mol. The van der Waals surface area contributed by atoms with Crippen LogP contribution >= 0.6 is 0 Å². The molecule has 2 aromatic carbocycles. The summed E-state index contributed by atoms with van der Waals surface area (Å²) >= 11 is 0. The molecule has 1 aromatic heterocycles. The van der Waals surface area contributed by atoms with E-state index in [1.807, 2.05) is 24.3 Å². The largest absolute Gasteiger partial charge is 0.489 e. The Bertz CT molecular complexity index is 1150. The molecule has 0 fully saturated rings. The fourth-order valence-corrected chi connectivity index (χ4v) is 3.83. The fourth-order valence-electron chi connectivity index (χ4n) is 3.83. The predicted octanol–water partition coefficient (Wildman–Crippen LogP) is 5.82. The maximum absolute atomic E-state index is 12.6. The Morgan fingerprint density at radius 2 is 1.29 bits per heavy atom. The molecule has 0 unspecified atom stereocenters. The van der Waals surface area contributed by atoms with E-state index >= 15 is 0 Å². The number of pyridine rings is 1. The second-order valence-corrected chi connectivity index (χ2v) is 9.15. The average molecular weight is 462 g/mol. The van der Waals surface area contributed by atoms with Crippen molar-refractivity contribution in [3.63, 3.8) is 0 Å². The predicted molar refractivity (Wildman–Crippen MR) is 131 cm³/mol. The molecular formula is C28H31NO5. The minimum absolute atomic E-state index is 0.102. The van der Waals surface area contributed by atoms with E-state index in [9.17, 15) is 9.59 Å². The minimum atomic E-state index is -0.566. The van der Waals surface area contributed by atoms with Gasteiger partial charge in [0.2, 0.25) is 0 Å². The highest BCUT2D eigenvalue weighted by Gasteiger charge is 2.27. The number of esters is 2. The third kappa shape index (κ3) is 5.28. The number of nitrogens with zero attached hydrogens (tertiary/aromatic N) is 1. The van der Waals surface area contributed by atoms with Crippen LogP contribution in [0.5, 0.6) is 5.75 Å². The quantitative estimate of drug-likeness (QED) is 0.431. The molecule has 6 heteroatoms. The second-order valence-electron chi connectivity index (χ2n) is 9.15. The number of carbonyl (C=O) groups is 2. The van der Waals surface area contributed by atoms with Crippen LogP contribution in [-0.4, -0.2) is 31.1 Å². The first-order valence-electron chi connectivity index (χ1n) is 11.1. The lowest BCUT2D eigenvalue weighted by Crippen LogP contribution is -2.16. The van der Waals surface area contributed by atoms with E-state index in [1.165, 1.54) is 19.8 Å². The smallest absolute Gasteiger partial charge is 0.340 e. The van der Waals surface area contributed by atoms with Crippen LogP contribution in [0.3, 0.4) is 0 Å². The van der Waals surface area contributed by atoms with Crippen LogP contribution in [0.1, 0.15) is 64.0 Å². The molecule has 34 heavy (non-hydrogen) atoms. The van der Waals surface area contributed by atoms with E-state index in [0.717, 1.165) is 5.56 Å². The normalized spacial score (nSPS) is 11.1. The summed E-state index contributed by atoms with van der Waals surface area (Å²) in [5.41, 5.74) is 4.97. The molecule has 1 heterocycles. The van der Waals surface area contributed by atoms with Crippen molar-refractivity contribution in [3.05, 3.63) is 82.2 Å². The highest BCUT2D eigenvalue weighted by molar-refractivity contribution is 6.07. The zero-order chi connectivity index (χ0) is 25.0. The van der Waals surface area contributed by atoms with Crippen LogP contribution in [0.2, 0.25) is 0 Å². The van der Waals surface area contributed by atoms with Gasteiger partial charge in [-0.2, -0.15) is 0 Å². The maximum Gasteiger partial charge on any atom is 0.340 e. The first-order chi connectivity index (χ1) is 16.1. The van der Waals surface area contributed by atoms with Gasteiger partial charge in [-0.15, -0.1) is 0 Å². The molecule has 0 atom stereocenters. The average Bonchev–Trinajstić information content (AvgIpc) is 2.81. The van der Waals surface area contributed by atoms with Gasteiger partial charge in [0.05, 0.1) is 36.7 Å². The third-order valence-electron chi connectivity index (χ3n) is 5.71. The Hall–Kier alpha value is -3.67. The molecule has 0 aliphatic carbocycles. The lowest BCUT2D eigenvalue weighted by Gasteiger charge is -2.19. The molecule has 0 N–H and O–H groups in total. The molecule has 0 saturated heterocycles. The molecule has 0 amide bonds. The summed E-state index contributed by atoms with van der Waals surface area (Å²) in [7, 11) is 2.60. The number of rotatable bonds is 6. The summed E-state index contributed by atoms with van der Waals surface area (Å²) in [5, 5.41) is 0. The fraction of sp³-hybridized carbons (Fsp3) is 0.321. The molecule has 0 bridgehead atoms. The van der Waals surface area contributed by atoms with E-state index in [1.54, 1.807) is 13.8 Å². The number of aryl methyl sites for hydroxylation is 2. The number of benzene rings is 2. The van der Waals surface area contributed by atoms with Gasteiger partial charge in [0.25, 0.3) is 0 Å². The number of hydrogen-bond acceptors (Lipinski definition) is 6. The molecule has 178 valence electrons. The van der Waals surface area contributed by atoms with Crippen LogP contribution in [0.15, 0.2) is 48.5 Å². The minimum Gasteiger partial charge on any atom is -0.489 e. The van der Waals surface area contributed by atoms with E-state index in [2.05, 4.69) is 50.0 Å². The zero-order valence-corrected chi connectivity index (χ0v) is 20.8. The van der Waals surface area contributed by atoms with Crippen LogP contribution in [0.4, 0.5) is 0 Å². The van der Waals surface area contributed by atoms with Crippen molar-refractivity contribution in [2.45, 2.75) is 46.6 Å². The summed E-state index contributed by atoms with van der Waals surface area (Å²) < 4.78 is 15.9. The SMILES string of the molecule is COC(=O)c1c(C)nc(C)c(C(=O)OC)c1-c1ccc(OCc2ccc(C(C)(C)C)cc2)cc1. The van der Waals surface area contributed by atoms with Crippen molar-refractivity contribution in [2.24, 2.45) is 0 Å². The molecule has 0 saturated carbocycles. The Morgan fingerprint density at radius 1 is 0.794 bits per heavy atom. The first-order valence-corrected chi connectivity index (χ1v) is 11.1. The summed E-state index contributed by atoms with van der Waals surface area (Å²) in [6, 6.07) is 15.6. The van der Waals surface area contributed by atoms with Gasteiger partial charge >= 0.3 is 11.9 Å². The molecule has 3 rings (SSSR count). The van der Waals surface area contributed by atoms with E-state index in [4.69, 9.17) is 14.2 Å². The summed E-state index contributed by atoms with van der Waals surface area (Å²) in [6.07, 6.45) is 0. The maximum atomic E-state index is 12.6. The molecule has 6 nitrogen and oxygen atoms in total. The van der Waals surface area contributed by atoms with Crippen molar-refractivity contribution < 1.29 is 23.8 Å². The van der Waals surface area contributed by atoms with Crippen LogP contribution in [0.25, 0.3) is 11.1 Å². The molecule has 0 radical (unpaired) electrons. The van der Waals surface area contributed by atoms with Gasteiger partial charge in [0, 0.05) is 5.56 Å². The lowest BCUT2D eigenvalue weighted by molar-refractivity contribution is 0.0599. The molecule has 0 aliphatic rings. The van der Waals surface area contributed by atoms with Gasteiger partial charge < -0.3 is 14.2 Å². The monoisotopic (exact) mass is 461 g/mol. The van der Waals surface area contributed by atoms with Gasteiger partial charge in [-0.1, -0.05) is 57.2 Å². The van der Waals surface area contributed by atoms with Crippen molar-refractivity contribution in [1.82, 2.24) is 4.98 Å². The van der Waals surface area contributed by atoms with Gasteiger partial charge in [0.15, 0.2) is 0 Å². The highest BCUT2D eigenvalue weighted by Crippen LogP contribution is 2.33. The van der Waals surface area contributed by atoms with Gasteiger partial charge in [0.1, 0.15) is 12.4 Å². The Labute approximate surface area is 200 Å².